The Morgan fingerprint density at radius 3 is 2.27 bits per heavy atom. The van der Waals surface area contributed by atoms with Gasteiger partial charge in [-0.15, -0.1) is 0 Å². The summed E-state index contributed by atoms with van der Waals surface area (Å²) in [5.74, 6) is -0.477. The predicted molar refractivity (Wildman–Crippen MR) is 62.1 cm³/mol. The summed E-state index contributed by atoms with van der Waals surface area (Å²) in [6, 6.07) is 7.69. The minimum Gasteiger partial charge on any atom is -0.366 e. The number of hydrogen-bond acceptors (Lipinski definition) is 2. The van der Waals surface area contributed by atoms with E-state index >= 15 is 0 Å². The van der Waals surface area contributed by atoms with Crippen LogP contribution in [0.5, 0.6) is 0 Å². The molecule has 1 rings (SSSR count). The van der Waals surface area contributed by atoms with Gasteiger partial charge in [0.25, 0.3) is 0 Å². The smallest absolute Gasteiger partial charge is 0.248 e. The molecule has 0 spiro atoms. The van der Waals surface area contributed by atoms with Gasteiger partial charge in [-0.25, -0.2) is 0 Å². The van der Waals surface area contributed by atoms with Gasteiger partial charge in [0.05, 0.1) is 0 Å². The molecule has 1 aromatic carbocycles. The number of hydrogen-bond donors (Lipinski definition) is 1. The molecule has 0 heterocycles. The Bertz CT molecular complexity index is 366. The van der Waals surface area contributed by atoms with Gasteiger partial charge in [0.2, 0.25) is 5.91 Å². The standard InChI is InChI=1S/C12H16N2O/c1-9(12(13)15)11-6-4-10(5-7-11)8-14(2)3/h4-7H,1,8H2,2-3H3,(H2,13,15). The number of carbonyl (C=O) groups excluding carboxylic acids is 1. The molecule has 0 aliphatic heterocycles. The lowest BCUT2D eigenvalue weighted by molar-refractivity contribution is -0.112. The van der Waals surface area contributed by atoms with Gasteiger partial charge in [-0.3, -0.25) is 4.79 Å². The van der Waals surface area contributed by atoms with E-state index in [0.717, 1.165) is 12.1 Å². The van der Waals surface area contributed by atoms with Crippen molar-refractivity contribution in [1.82, 2.24) is 4.90 Å². The van der Waals surface area contributed by atoms with E-state index in [1.54, 1.807) is 0 Å². The molecule has 0 aromatic heterocycles. The van der Waals surface area contributed by atoms with Gasteiger partial charge in [-0.2, -0.15) is 0 Å². The molecule has 1 amide bonds. The summed E-state index contributed by atoms with van der Waals surface area (Å²) in [5.41, 5.74) is 7.47. The number of carbonyl (C=O) groups is 1. The number of primary amides is 1. The molecule has 2 N–H and O–H groups in total. The number of rotatable bonds is 4. The number of amides is 1. The Balaban J connectivity index is 2.81. The van der Waals surface area contributed by atoms with E-state index in [4.69, 9.17) is 5.73 Å². The van der Waals surface area contributed by atoms with Gasteiger partial charge in [0.15, 0.2) is 0 Å². The maximum absolute atomic E-state index is 10.9. The Morgan fingerprint density at radius 2 is 1.87 bits per heavy atom. The summed E-state index contributed by atoms with van der Waals surface area (Å²) >= 11 is 0. The van der Waals surface area contributed by atoms with Crippen LogP contribution in [0.3, 0.4) is 0 Å². The van der Waals surface area contributed by atoms with Crippen LogP contribution in [0, 0.1) is 0 Å². The molecule has 1 aromatic rings. The highest BCUT2D eigenvalue weighted by atomic mass is 16.1. The Morgan fingerprint density at radius 1 is 1.33 bits per heavy atom. The number of nitrogens with zero attached hydrogens (tertiary/aromatic N) is 1. The molecule has 0 aliphatic rings. The van der Waals surface area contributed by atoms with Gasteiger partial charge in [0, 0.05) is 12.1 Å². The summed E-state index contributed by atoms with van der Waals surface area (Å²) in [6.07, 6.45) is 0. The third kappa shape index (κ3) is 3.22. The minimum absolute atomic E-state index is 0.353. The molecule has 3 nitrogen and oxygen atoms in total. The predicted octanol–water partition coefficient (Wildman–Crippen LogP) is 1.25. The molecule has 0 saturated carbocycles. The normalized spacial score (nSPS) is 10.3. The van der Waals surface area contributed by atoms with Crippen LogP contribution in [0.2, 0.25) is 0 Å². The summed E-state index contributed by atoms with van der Waals surface area (Å²) in [4.78, 5) is 13.0. The van der Waals surface area contributed by atoms with Crippen molar-refractivity contribution in [3.05, 3.63) is 42.0 Å². The van der Waals surface area contributed by atoms with Gasteiger partial charge >= 0.3 is 0 Å². The van der Waals surface area contributed by atoms with Gasteiger partial charge in [-0.05, 0) is 25.2 Å². The lowest BCUT2D eigenvalue weighted by Crippen LogP contribution is -2.12. The second-order valence-corrected chi connectivity index (χ2v) is 3.78. The van der Waals surface area contributed by atoms with Crippen molar-refractivity contribution < 1.29 is 4.79 Å². The Labute approximate surface area is 90.2 Å². The highest BCUT2D eigenvalue weighted by molar-refractivity contribution is 6.17. The fourth-order valence-corrected chi connectivity index (χ4v) is 1.32. The molecular weight excluding hydrogens is 188 g/mol. The van der Waals surface area contributed by atoms with Crippen molar-refractivity contribution in [3.63, 3.8) is 0 Å². The summed E-state index contributed by atoms with van der Waals surface area (Å²) in [6.45, 7) is 4.51. The minimum atomic E-state index is -0.477. The zero-order valence-corrected chi connectivity index (χ0v) is 9.16. The Kier molecular flexibility index (Phi) is 3.63. The Hall–Kier alpha value is -1.61. The van der Waals surface area contributed by atoms with Crippen LogP contribution in [0.4, 0.5) is 0 Å². The molecule has 0 unspecified atom stereocenters. The molecule has 3 heteroatoms. The fourth-order valence-electron chi connectivity index (χ4n) is 1.32. The van der Waals surface area contributed by atoms with Crippen LogP contribution in [0.1, 0.15) is 11.1 Å². The molecule has 0 saturated heterocycles. The van der Waals surface area contributed by atoms with Crippen LogP contribution in [0.25, 0.3) is 5.57 Å². The summed E-state index contributed by atoms with van der Waals surface area (Å²) in [7, 11) is 4.02. The topological polar surface area (TPSA) is 46.3 Å². The molecule has 80 valence electrons. The van der Waals surface area contributed by atoms with Gasteiger partial charge < -0.3 is 10.6 Å². The first-order valence-electron chi connectivity index (χ1n) is 4.73. The zero-order valence-electron chi connectivity index (χ0n) is 9.16. The van der Waals surface area contributed by atoms with Crippen molar-refractivity contribution in [2.75, 3.05) is 14.1 Å². The molecule has 0 fully saturated rings. The average Bonchev–Trinajstić information content (AvgIpc) is 2.17. The van der Waals surface area contributed by atoms with Crippen molar-refractivity contribution in [1.29, 1.82) is 0 Å². The van der Waals surface area contributed by atoms with Crippen LogP contribution >= 0.6 is 0 Å². The van der Waals surface area contributed by atoms with Crippen molar-refractivity contribution in [3.8, 4) is 0 Å². The fraction of sp³-hybridized carbons (Fsp3) is 0.250. The number of benzene rings is 1. The SMILES string of the molecule is C=C(C(N)=O)c1ccc(CN(C)C)cc1. The van der Waals surface area contributed by atoms with Crippen molar-refractivity contribution in [2.24, 2.45) is 5.73 Å². The van der Waals surface area contributed by atoms with E-state index in [2.05, 4.69) is 11.5 Å². The van der Waals surface area contributed by atoms with E-state index in [1.807, 2.05) is 38.4 Å². The zero-order chi connectivity index (χ0) is 11.4. The van der Waals surface area contributed by atoms with Crippen LogP contribution < -0.4 is 5.73 Å². The van der Waals surface area contributed by atoms with E-state index in [9.17, 15) is 4.79 Å². The highest BCUT2D eigenvalue weighted by Gasteiger charge is 2.04. The molecule has 0 aliphatic carbocycles. The van der Waals surface area contributed by atoms with Crippen LogP contribution in [-0.4, -0.2) is 24.9 Å². The van der Waals surface area contributed by atoms with E-state index in [-0.39, 0.29) is 0 Å². The largest absolute Gasteiger partial charge is 0.366 e. The monoisotopic (exact) mass is 204 g/mol. The second-order valence-electron chi connectivity index (χ2n) is 3.78. The third-order valence-electron chi connectivity index (χ3n) is 2.10. The van der Waals surface area contributed by atoms with Crippen LogP contribution in [-0.2, 0) is 11.3 Å². The molecular formula is C12H16N2O. The first-order chi connectivity index (χ1) is 7.00. The summed E-state index contributed by atoms with van der Waals surface area (Å²) in [5, 5.41) is 0. The van der Waals surface area contributed by atoms with E-state index < -0.39 is 5.91 Å². The second kappa shape index (κ2) is 4.75. The maximum Gasteiger partial charge on any atom is 0.248 e. The van der Waals surface area contributed by atoms with E-state index in [0.29, 0.717) is 5.57 Å². The molecule has 15 heavy (non-hydrogen) atoms. The lowest BCUT2D eigenvalue weighted by Gasteiger charge is -2.10. The third-order valence-corrected chi connectivity index (χ3v) is 2.10. The first-order valence-corrected chi connectivity index (χ1v) is 4.73. The molecule has 0 bridgehead atoms. The quantitative estimate of drug-likeness (QED) is 0.750. The van der Waals surface area contributed by atoms with Crippen LogP contribution in [0.15, 0.2) is 30.8 Å². The van der Waals surface area contributed by atoms with Crippen molar-refractivity contribution >= 4 is 11.5 Å². The van der Waals surface area contributed by atoms with E-state index in [1.165, 1.54) is 5.56 Å². The lowest BCUT2D eigenvalue weighted by atomic mass is 10.1. The average molecular weight is 204 g/mol. The highest BCUT2D eigenvalue weighted by Crippen LogP contribution is 2.13. The number of nitrogens with two attached hydrogens (primary N) is 1. The summed E-state index contributed by atoms with van der Waals surface area (Å²) < 4.78 is 0. The molecule has 0 atom stereocenters. The van der Waals surface area contributed by atoms with Crippen molar-refractivity contribution in [2.45, 2.75) is 6.54 Å². The molecule has 0 radical (unpaired) electrons. The first kappa shape index (κ1) is 11.5. The maximum atomic E-state index is 10.9. The van der Waals surface area contributed by atoms with Gasteiger partial charge in [-0.1, -0.05) is 30.8 Å². The van der Waals surface area contributed by atoms with Gasteiger partial charge in [0.1, 0.15) is 0 Å².